The number of furan rings is 1. The Labute approximate surface area is 322 Å². The lowest BCUT2D eigenvalue weighted by Crippen LogP contribution is -2.31. The number of benzene rings is 9. The molecular formula is C53H32N2O. The second kappa shape index (κ2) is 10.9. The molecule has 0 N–H and O–H groups in total. The highest BCUT2D eigenvalue weighted by Crippen LogP contribution is 2.63. The lowest BCUT2D eigenvalue weighted by atomic mass is 9.63. The van der Waals surface area contributed by atoms with Crippen molar-refractivity contribution in [3.63, 3.8) is 0 Å². The summed E-state index contributed by atoms with van der Waals surface area (Å²) in [5, 5.41) is 7.44. The summed E-state index contributed by atoms with van der Waals surface area (Å²) in [4.78, 5) is 2.41. The smallest absolute Gasteiger partial charge is 0.135 e. The van der Waals surface area contributed by atoms with Crippen molar-refractivity contribution in [3.05, 3.63) is 216 Å². The van der Waals surface area contributed by atoms with Crippen molar-refractivity contribution in [1.82, 2.24) is 4.57 Å². The van der Waals surface area contributed by atoms with E-state index in [4.69, 9.17) is 4.42 Å². The Morgan fingerprint density at radius 1 is 0.393 bits per heavy atom. The van der Waals surface area contributed by atoms with Gasteiger partial charge in [0.15, 0.2) is 0 Å². The van der Waals surface area contributed by atoms with Crippen LogP contribution in [0.25, 0.3) is 71.3 Å². The van der Waals surface area contributed by atoms with E-state index in [1.165, 1.54) is 66.0 Å². The fraction of sp³-hybridized carbons (Fsp3) is 0.0189. The summed E-state index contributed by atoms with van der Waals surface area (Å²) in [6.45, 7) is 0. The molecule has 0 fully saturated rings. The number of para-hydroxylation sites is 3. The molecule has 0 radical (unpaired) electrons. The summed E-state index contributed by atoms with van der Waals surface area (Å²) in [5.74, 6) is 0. The van der Waals surface area contributed by atoms with E-state index >= 15 is 0 Å². The van der Waals surface area contributed by atoms with E-state index in [9.17, 15) is 0 Å². The average Bonchev–Trinajstić information content (AvgIpc) is 3.90. The van der Waals surface area contributed by atoms with E-state index in [0.29, 0.717) is 0 Å². The lowest BCUT2D eigenvalue weighted by Gasteiger charge is -2.39. The molecule has 0 bridgehead atoms. The molecular weight excluding hydrogens is 681 g/mol. The van der Waals surface area contributed by atoms with Crippen LogP contribution in [-0.2, 0) is 5.41 Å². The normalized spacial score (nSPS) is 13.5. The van der Waals surface area contributed by atoms with Gasteiger partial charge in [-0.2, -0.15) is 0 Å². The van der Waals surface area contributed by atoms with Gasteiger partial charge in [-0.3, -0.25) is 0 Å². The van der Waals surface area contributed by atoms with Crippen molar-refractivity contribution in [2.45, 2.75) is 5.41 Å². The van der Waals surface area contributed by atoms with Crippen molar-refractivity contribution in [2.24, 2.45) is 0 Å². The summed E-state index contributed by atoms with van der Waals surface area (Å²) >= 11 is 0. The van der Waals surface area contributed by atoms with Crippen LogP contribution in [0.1, 0.15) is 22.3 Å². The number of rotatable bonds is 4. The molecule has 0 atom stereocenters. The van der Waals surface area contributed by atoms with E-state index in [-0.39, 0.29) is 0 Å². The first-order valence-corrected chi connectivity index (χ1v) is 19.4. The molecule has 9 aromatic carbocycles. The SMILES string of the molecule is c1ccc(N(c2ccccc2)c2cc3c4c(ccc5c4c4c(cccc4n5-c4ccc5oc6ccccc6c5c4)C34c3ccccc3-c3ccccc34)c2)cc1. The highest BCUT2D eigenvalue weighted by atomic mass is 16.3. The number of anilines is 3. The summed E-state index contributed by atoms with van der Waals surface area (Å²) in [5.41, 5.74) is 16.1. The molecule has 0 amide bonds. The first kappa shape index (κ1) is 30.0. The van der Waals surface area contributed by atoms with Gasteiger partial charge < -0.3 is 13.9 Å². The number of hydrogen-bond acceptors (Lipinski definition) is 2. The second-order valence-electron chi connectivity index (χ2n) is 15.2. The Morgan fingerprint density at radius 2 is 1.02 bits per heavy atom. The van der Waals surface area contributed by atoms with Crippen molar-refractivity contribution in [2.75, 3.05) is 4.90 Å². The van der Waals surface area contributed by atoms with Crippen LogP contribution in [-0.4, -0.2) is 4.57 Å². The zero-order valence-corrected chi connectivity index (χ0v) is 30.3. The topological polar surface area (TPSA) is 21.3 Å². The molecule has 2 aliphatic rings. The fourth-order valence-corrected chi connectivity index (χ4v) is 10.4. The van der Waals surface area contributed by atoms with Gasteiger partial charge in [-0.25, -0.2) is 0 Å². The minimum absolute atomic E-state index is 0.543. The van der Waals surface area contributed by atoms with Crippen LogP contribution in [0.4, 0.5) is 17.1 Å². The highest BCUT2D eigenvalue weighted by Gasteiger charge is 2.50. The third-order valence-corrected chi connectivity index (χ3v) is 12.5. The van der Waals surface area contributed by atoms with E-state index < -0.39 is 5.41 Å². The molecule has 3 heteroatoms. The monoisotopic (exact) mass is 712 g/mol. The molecule has 11 aromatic rings. The number of fused-ring (bicyclic) bond motifs is 10. The molecule has 13 rings (SSSR count). The molecule has 0 aliphatic heterocycles. The van der Waals surface area contributed by atoms with Crippen molar-refractivity contribution < 1.29 is 4.42 Å². The van der Waals surface area contributed by atoms with Gasteiger partial charge in [0.1, 0.15) is 11.2 Å². The Morgan fingerprint density at radius 3 is 1.77 bits per heavy atom. The lowest BCUT2D eigenvalue weighted by molar-refractivity contribution is 0.669. The van der Waals surface area contributed by atoms with Crippen LogP contribution in [0.3, 0.4) is 0 Å². The van der Waals surface area contributed by atoms with Crippen LogP contribution in [0.15, 0.2) is 199 Å². The molecule has 56 heavy (non-hydrogen) atoms. The Hall–Kier alpha value is -7.36. The first-order chi connectivity index (χ1) is 27.8. The third-order valence-electron chi connectivity index (χ3n) is 12.5. The number of nitrogens with zero attached hydrogens (tertiary/aromatic N) is 2. The maximum atomic E-state index is 6.30. The van der Waals surface area contributed by atoms with Gasteiger partial charge in [-0.05, 0) is 117 Å². The Balaban J connectivity index is 1.20. The quantitative estimate of drug-likeness (QED) is 0.181. The maximum Gasteiger partial charge on any atom is 0.135 e. The predicted molar refractivity (Wildman–Crippen MR) is 231 cm³/mol. The summed E-state index contributed by atoms with van der Waals surface area (Å²) in [6, 6.07) is 71.3. The fourth-order valence-electron chi connectivity index (χ4n) is 10.4. The van der Waals surface area contributed by atoms with Gasteiger partial charge in [0, 0.05) is 44.3 Å². The highest BCUT2D eigenvalue weighted by molar-refractivity contribution is 6.27. The zero-order chi connectivity index (χ0) is 36.5. The number of hydrogen-bond donors (Lipinski definition) is 0. The van der Waals surface area contributed by atoms with Crippen LogP contribution in [0.2, 0.25) is 0 Å². The van der Waals surface area contributed by atoms with E-state index in [2.05, 4.69) is 198 Å². The Bertz CT molecular complexity index is 3340. The van der Waals surface area contributed by atoms with Crippen molar-refractivity contribution in [3.8, 4) is 16.8 Å². The third kappa shape index (κ3) is 3.72. The van der Waals surface area contributed by atoms with Gasteiger partial charge in [0.25, 0.3) is 0 Å². The summed E-state index contributed by atoms with van der Waals surface area (Å²) in [6.07, 6.45) is 0. The zero-order valence-electron chi connectivity index (χ0n) is 30.3. The van der Waals surface area contributed by atoms with Crippen LogP contribution < -0.4 is 4.90 Å². The molecule has 2 aliphatic carbocycles. The average molecular weight is 713 g/mol. The van der Waals surface area contributed by atoms with Gasteiger partial charge in [0.2, 0.25) is 0 Å². The molecule has 3 nitrogen and oxygen atoms in total. The molecule has 1 spiro atoms. The van der Waals surface area contributed by atoms with Crippen LogP contribution in [0.5, 0.6) is 0 Å². The van der Waals surface area contributed by atoms with Gasteiger partial charge in [-0.1, -0.05) is 121 Å². The summed E-state index contributed by atoms with van der Waals surface area (Å²) in [7, 11) is 0. The van der Waals surface area contributed by atoms with E-state index in [0.717, 1.165) is 44.7 Å². The second-order valence-corrected chi connectivity index (χ2v) is 15.2. The molecule has 2 aromatic heterocycles. The largest absolute Gasteiger partial charge is 0.456 e. The standard InChI is InChI=1S/C53H32N2O/c1-3-14-34(15-4-1)54(35-16-5-2-6-17-35)37-30-33-26-28-47-52-50(33)45(32-37)53(42-21-10-7-18-38(42)39-19-8-11-22-43(39)53)44-23-13-24-46(51(44)52)55(47)36-27-29-49-41(31-36)40-20-9-12-25-48(40)56-49/h1-32H. The maximum absolute atomic E-state index is 6.30. The first-order valence-electron chi connectivity index (χ1n) is 19.4. The minimum atomic E-state index is -0.543. The van der Waals surface area contributed by atoms with Gasteiger partial charge in [0.05, 0.1) is 16.4 Å². The minimum Gasteiger partial charge on any atom is -0.456 e. The Kier molecular flexibility index (Phi) is 5.83. The molecule has 2 heterocycles. The molecule has 0 saturated carbocycles. The van der Waals surface area contributed by atoms with E-state index in [1.54, 1.807) is 0 Å². The van der Waals surface area contributed by atoms with Gasteiger partial charge in [-0.15, -0.1) is 0 Å². The van der Waals surface area contributed by atoms with Crippen molar-refractivity contribution in [1.29, 1.82) is 0 Å². The molecule has 260 valence electrons. The van der Waals surface area contributed by atoms with Gasteiger partial charge >= 0.3 is 0 Å². The predicted octanol–water partition coefficient (Wildman–Crippen LogP) is 14.0. The van der Waals surface area contributed by atoms with Crippen molar-refractivity contribution >= 4 is 71.6 Å². The van der Waals surface area contributed by atoms with E-state index in [1.807, 2.05) is 6.07 Å². The summed E-state index contributed by atoms with van der Waals surface area (Å²) < 4.78 is 8.78. The van der Waals surface area contributed by atoms with Crippen LogP contribution in [0, 0.1) is 0 Å². The molecule has 0 unspecified atom stereocenters. The van der Waals surface area contributed by atoms with Crippen LogP contribution >= 0.6 is 0 Å². The number of aromatic nitrogens is 1. The molecule has 0 saturated heterocycles.